The molecule has 0 aliphatic rings. The van der Waals surface area contributed by atoms with E-state index in [-0.39, 0.29) is 12.4 Å². The standard InChI is InChI=1S/C24H18O2.C22H14O2/c1-2-26-22(25)14-16-12-13-21-19-10-4-7-15-6-3-9-18(23(15)19)20-11-5-8-17(16)24(20)21;23-20(24)12-14-10-11-19-17-8-2-5-13-4-1-7-16(21(13)17)18-9-3-6-15(14)22(18)19/h3-13H,2,14H2,1H3;1-11H,12H2,(H,23,24). The molecule has 0 atom stereocenters. The predicted octanol–water partition coefficient (Wildman–Crippen LogP) is 11.2. The number of rotatable bonds is 5. The normalized spacial score (nSPS) is 11.8. The van der Waals surface area contributed by atoms with Gasteiger partial charge in [0.1, 0.15) is 0 Å². The molecule has 0 aliphatic heterocycles. The van der Waals surface area contributed by atoms with E-state index in [1.807, 2.05) is 25.1 Å². The number of ether oxygens (including phenoxy) is 1. The van der Waals surface area contributed by atoms with Crippen LogP contribution in [-0.2, 0) is 27.2 Å². The second-order valence-electron chi connectivity index (χ2n) is 13.0. The average Bonchev–Trinajstić information content (AvgIpc) is 3.14. The van der Waals surface area contributed by atoms with Crippen molar-refractivity contribution < 1.29 is 19.4 Å². The number of carboxylic acid groups (broad SMARTS) is 1. The summed E-state index contributed by atoms with van der Waals surface area (Å²) in [5.41, 5.74) is 1.89. The van der Waals surface area contributed by atoms with Gasteiger partial charge < -0.3 is 9.84 Å². The van der Waals surface area contributed by atoms with Crippen LogP contribution in [0, 0.1) is 0 Å². The quantitative estimate of drug-likeness (QED) is 0.115. The molecule has 10 rings (SSSR count). The lowest BCUT2D eigenvalue weighted by atomic mass is 9.88. The van der Waals surface area contributed by atoms with Crippen molar-refractivity contribution in [3.05, 3.63) is 145 Å². The molecule has 0 bridgehead atoms. The van der Waals surface area contributed by atoms with Gasteiger partial charge in [0, 0.05) is 0 Å². The summed E-state index contributed by atoms with van der Waals surface area (Å²) in [5.74, 6) is -0.972. The van der Waals surface area contributed by atoms with Crippen LogP contribution in [0.5, 0.6) is 0 Å². The van der Waals surface area contributed by atoms with Crippen molar-refractivity contribution in [2.24, 2.45) is 0 Å². The number of hydrogen-bond acceptors (Lipinski definition) is 3. The first kappa shape index (κ1) is 29.8. The van der Waals surface area contributed by atoms with E-state index in [0.29, 0.717) is 13.0 Å². The molecule has 0 saturated heterocycles. The average molecular weight is 649 g/mol. The first-order valence-corrected chi connectivity index (χ1v) is 17.0. The Hall–Kier alpha value is -6.26. The molecule has 240 valence electrons. The summed E-state index contributed by atoms with van der Waals surface area (Å²) in [4.78, 5) is 23.3. The topological polar surface area (TPSA) is 63.6 Å². The highest BCUT2D eigenvalue weighted by Gasteiger charge is 2.17. The molecule has 10 aromatic carbocycles. The van der Waals surface area contributed by atoms with Gasteiger partial charge in [-0.05, 0) is 104 Å². The third-order valence-corrected chi connectivity index (χ3v) is 10.2. The molecule has 0 spiro atoms. The predicted molar refractivity (Wildman–Crippen MR) is 207 cm³/mol. The molecular formula is C46H32O4. The van der Waals surface area contributed by atoms with Crippen molar-refractivity contribution in [3.8, 4) is 0 Å². The Kier molecular flexibility index (Phi) is 6.99. The summed E-state index contributed by atoms with van der Waals surface area (Å²) in [5, 5.41) is 28.8. The van der Waals surface area contributed by atoms with Gasteiger partial charge in [-0.25, -0.2) is 0 Å². The monoisotopic (exact) mass is 648 g/mol. The van der Waals surface area contributed by atoms with Gasteiger partial charge in [0.25, 0.3) is 0 Å². The Morgan fingerprint density at radius 3 is 1.18 bits per heavy atom. The van der Waals surface area contributed by atoms with Crippen LogP contribution < -0.4 is 0 Å². The van der Waals surface area contributed by atoms with Gasteiger partial charge in [0.2, 0.25) is 0 Å². The van der Waals surface area contributed by atoms with Crippen LogP contribution in [0.15, 0.2) is 133 Å². The zero-order valence-electron chi connectivity index (χ0n) is 27.5. The number of carbonyl (C=O) groups is 2. The SMILES string of the molecule is CCOC(=O)Cc1ccc2c3cccc4cccc(c5cccc1c52)c43.O=C(O)Cc1ccc2c3cccc4cccc(c5cccc1c52)c43. The van der Waals surface area contributed by atoms with Crippen LogP contribution >= 0.6 is 0 Å². The molecule has 10 aromatic rings. The number of hydrogen-bond donors (Lipinski definition) is 1. The van der Waals surface area contributed by atoms with E-state index in [2.05, 4.69) is 115 Å². The maximum absolute atomic E-state index is 12.0. The minimum atomic E-state index is -0.797. The van der Waals surface area contributed by atoms with Crippen molar-refractivity contribution in [2.45, 2.75) is 19.8 Å². The van der Waals surface area contributed by atoms with E-state index in [4.69, 9.17) is 4.74 Å². The van der Waals surface area contributed by atoms with Gasteiger partial charge in [0.15, 0.2) is 0 Å². The third-order valence-electron chi connectivity index (χ3n) is 10.2. The van der Waals surface area contributed by atoms with E-state index in [9.17, 15) is 14.7 Å². The number of fused-ring (bicyclic) bond motifs is 4. The van der Waals surface area contributed by atoms with Gasteiger partial charge in [0.05, 0.1) is 19.4 Å². The van der Waals surface area contributed by atoms with E-state index >= 15 is 0 Å². The fourth-order valence-electron chi connectivity index (χ4n) is 8.25. The Bertz CT molecular complexity index is 2840. The molecule has 0 fully saturated rings. The fraction of sp³-hybridized carbons (Fsp3) is 0.0870. The minimum absolute atomic E-state index is 0.0477. The van der Waals surface area contributed by atoms with Crippen molar-refractivity contribution in [2.75, 3.05) is 6.61 Å². The van der Waals surface area contributed by atoms with Crippen LogP contribution in [0.25, 0.3) is 86.2 Å². The van der Waals surface area contributed by atoms with Crippen molar-refractivity contribution in [1.29, 1.82) is 0 Å². The molecule has 0 saturated carbocycles. The second-order valence-corrected chi connectivity index (χ2v) is 13.0. The maximum atomic E-state index is 12.0. The number of esters is 1. The highest BCUT2D eigenvalue weighted by atomic mass is 16.5. The van der Waals surface area contributed by atoms with Gasteiger partial charge in [-0.1, -0.05) is 133 Å². The van der Waals surface area contributed by atoms with Crippen LogP contribution in [-0.4, -0.2) is 23.7 Å². The molecule has 0 aliphatic carbocycles. The zero-order chi connectivity index (χ0) is 33.9. The fourth-order valence-corrected chi connectivity index (χ4v) is 8.25. The molecule has 50 heavy (non-hydrogen) atoms. The first-order valence-electron chi connectivity index (χ1n) is 17.0. The van der Waals surface area contributed by atoms with Crippen LogP contribution in [0.3, 0.4) is 0 Å². The number of benzene rings is 10. The largest absolute Gasteiger partial charge is 0.481 e. The molecular weight excluding hydrogens is 617 g/mol. The van der Waals surface area contributed by atoms with Crippen molar-refractivity contribution in [3.63, 3.8) is 0 Å². The number of aliphatic carboxylic acids is 1. The van der Waals surface area contributed by atoms with E-state index in [0.717, 1.165) is 21.9 Å². The molecule has 4 heteroatoms. The number of carbonyl (C=O) groups excluding carboxylic acids is 1. The Labute approximate surface area is 287 Å². The highest BCUT2D eigenvalue weighted by Crippen LogP contribution is 2.42. The summed E-state index contributed by atoms with van der Waals surface area (Å²) in [6.07, 6.45) is 0.353. The molecule has 0 amide bonds. The Morgan fingerprint density at radius 2 is 0.780 bits per heavy atom. The van der Waals surface area contributed by atoms with Gasteiger partial charge in [-0.3, -0.25) is 9.59 Å². The maximum Gasteiger partial charge on any atom is 0.310 e. The molecule has 4 nitrogen and oxygen atoms in total. The van der Waals surface area contributed by atoms with Gasteiger partial charge in [-0.2, -0.15) is 0 Å². The van der Waals surface area contributed by atoms with Crippen molar-refractivity contribution in [1.82, 2.24) is 0 Å². The van der Waals surface area contributed by atoms with E-state index < -0.39 is 5.97 Å². The zero-order valence-corrected chi connectivity index (χ0v) is 27.5. The van der Waals surface area contributed by atoms with E-state index in [1.54, 1.807) is 0 Å². The van der Waals surface area contributed by atoms with E-state index in [1.165, 1.54) is 75.4 Å². The molecule has 0 heterocycles. The highest BCUT2D eigenvalue weighted by molar-refractivity contribution is 6.34. The lowest BCUT2D eigenvalue weighted by molar-refractivity contribution is -0.142. The summed E-state index contributed by atoms with van der Waals surface area (Å²) in [7, 11) is 0. The van der Waals surface area contributed by atoms with Gasteiger partial charge in [-0.15, -0.1) is 0 Å². The smallest absolute Gasteiger partial charge is 0.310 e. The Morgan fingerprint density at radius 1 is 0.440 bits per heavy atom. The molecule has 0 aromatic heterocycles. The third kappa shape index (κ3) is 4.60. The minimum Gasteiger partial charge on any atom is -0.481 e. The summed E-state index contributed by atoms with van der Waals surface area (Å²) >= 11 is 0. The summed E-state index contributed by atoms with van der Waals surface area (Å²) in [6.45, 7) is 2.25. The Balaban J connectivity index is 0.000000135. The molecule has 1 N–H and O–H groups in total. The second kappa shape index (κ2) is 11.7. The van der Waals surface area contributed by atoms with Crippen LogP contribution in [0.1, 0.15) is 18.1 Å². The molecule has 0 radical (unpaired) electrons. The lowest BCUT2D eigenvalue weighted by Crippen LogP contribution is -2.07. The first-order chi connectivity index (χ1) is 24.5. The molecule has 0 unspecified atom stereocenters. The van der Waals surface area contributed by atoms with Crippen LogP contribution in [0.4, 0.5) is 0 Å². The lowest BCUT2D eigenvalue weighted by Gasteiger charge is -2.16. The van der Waals surface area contributed by atoms with Crippen molar-refractivity contribution >= 4 is 98.1 Å². The summed E-state index contributed by atoms with van der Waals surface area (Å²) < 4.78 is 5.16. The van der Waals surface area contributed by atoms with Crippen LogP contribution in [0.2, 0.25) is 0 Å². The number of carboxylic acids is 1. The summed E-state index contributed by atoms with van der Waals surface area (Å²) in [6, 6.07) is 46.6. The van der Waals surface area contributed by atoms with Gasteiger partial charge >= 0.3 is 11.9 Å².